The van der Waals surface area contributed by atoms with E-state index in [-0.39, 0.29) is 0 Å². The van der Waals surface area contributed by atoms with Crippen LogP contribution in [0.2, 0.25) is 0 Å². The molecule has 16 heavy (non-hydrogen) atoms. The molecule has 0 atom stereocenters. The quantitative estimate of drug-likeness (QED) is 0.767. The van der Waals surface area contributed by atoms with Gasteiger partial charge in [-0.1, -0.05) is 12.2 Å². The Hall–Kier alpha value is -1.90. The highest BCUT2D eigenvalue weighted by atomic mass is 15.0. The zero-order chi connectivity index (χ0) is 11.4. The van der Waals surface area contributed by atoms with Gasteiger partial charge in [0.05, 0.1) is 11.4 Å². The number of fused-ring (bicyclic) bond motifs is 1. The minimum Gasteiger partial charge on any atom is -0.339 e. The van der Waals surface area contributed by atoms with Gasteiger partial charge < -0.3 is 5.32 Å². The predicted octanol–water partition coefficient (Wildman–Crippen LogP) is 2.93. The maximum absolute atomic E-state index is 4.37. The third kappa shape index (κ3) is 2.03. The Balaban J connectivity index is 2.40. The number of pyridine rings is 1. The summed E-state index contributed by atoms with van der Waals surface area (Å²) in [6.07, 6.45) is 7.79. The Kier molecular flexibility index (Phi) is 3.15. The minimum atomic E-state index is 0.838. The molecule has 3 nitrogen and oxygen atoms in total. The lowest BCUT2D eigenvalue weighted by Crippen LogP contribution is -1.99. The van der Waals surface area contributed by atoms with Crippen LogP contribution in [0.15, 0.2) is 46.9 Å². The standard InChI is InChI=1S/C13H15N3/c1-3-5-10-7-8-11-12(6-4-9-15-11)16-13(10)14-2/h3-6,9,16H,2,7-8H2,1H3/b5-3-. The maximum Gasteiger partial charge on any atom is 0.132 e. The second-order valence-electron chi connectivity index (χ2n) is 3.65. The molecule has 0 spiro atoms. The lowest BCUT2D eigenvalue weighted by Gasteiger charge is -2.07. The highest BCUT2D eigenvalue weighted by molar-refractivity contribution is 5.56. The third-order valence-corrected chi connectivity index (χ3v) is 2.60. The summed E-state index contributed by atoms with van der Waals surface area (Å²) in [6, 6.07) is 3.94. The van der Waals surface area contributed by atoms with Crippen molar-refractivity contribution in [3.05, 3.63) is 47.6 Å². The van der Waals surface area contributed by atoms with E-state index < -0.39 is 0 Å². The van der Waals surface area contributed by atoms with Gasteiger partial charge in [-0.3, -0.25) is 4.98 Å². The molecule has 82 valence electrons. The van der Waals surface area contributed by atoms with Gasteiger partial charge in [-0.2, -0.15) is 0 Å². The Bertz CT molecular complexity index is 458. The monoisotopic (exact) mass is 213 g/mol. The van der Waals surface area contributed by atoms with Crippen LogP contribution in [-0.4, -0.2) is 11.7 Å². The number of nitrogens with zero attached hydrogens (tertiary/aromatic N) is 2. The summed E-state index contributed by atoms with van der Waals surface area (Å²) in [5.41, 5.74) is 3.29. The zero-order valence-electron chi connectivity index (χ0n) is 9.40. The molecule has 0 saturated heterocycles. The van der Waals surface area contributed by atoms with E-state index in [2.05, 4.69) is 28.1 Å². The van der Waals surface area contributed by atoms with Crippen molar-refractivity contribution in [1.82, 2.24) is 4.98 Å². The largest absolute Gasteiger partial charge is 0.339 e. The predicted molar refractivity (Wildman–Crippen MR) is 67.6 cm³/mol. The summed E-state index contributed by atoms with van der Waals surface area (Å²) in [4.78, 5) is 8.41. The second-order valence-corrected chi connectivity index (χ2v) is 3.65. The number of hydrogen-bond donors (Lipinski definition) is 1. The van der Waals surface area contributed by atoms with Gasteiger partial charge in [-0.05, 0) is 44.2 Å². The molecule has 2 rings (SSSR count). The number of nitrogens with one attached hydrogen (secondary N) is 1. The van der Waals surface area contributed by atoms with Crippen molar-refractivity contribution in [3.63, 3.8) is 0 Å². The summed E-state index contributed by atoms with van der Waals surface area (Å²) in [6.45, 7) is 5.61. The molecular formula is C13H15N3. The van der Waals surface area contributed by atoms with E-state index in [0.29, 0.717) is 0 Å². The highest BCUT2D eigenvalue weighted by Gasteiger charge is 2.13. The third-order valence-electron chi connectivity index (χ3n) is 2.60. The fourth-order valence-corrected chi connectivity index (χ4v) is 1.83. The van der Waals surface area contributed by atoms with Crippen LogP contribution in [0.1, 0.15) is 19.0 Å². The van der Waals surface area contributed by atoms with Crippen LogP contribution in [0.25, 0.3) is 0 Å². The fraction of sp³-hybridized carbons (Fsp3) is 0.231. The lowest BCUT2D eigenvalue weighted by atomic mass is 10.1. The number of hydrogen-bond acceptors (Lipinski definition) is 3. The fourth-order valence-electron chi connectivity index (χ4n) is 1.83. The number of aliphatic imine (C=N–C) groups is 1. The molecule has 0 fully saturated rings. The van der Waals surface area contributed by atoms with Gasteiger partial charge in [-0.15, -0.1) is 0 Å². The number of aromatic nitrogens is 1. The molecule has 1 aromatic heterocycles. The van der Waals surface area contributed by atoms with E-state index in [1.165, 1.54) is 5.57 Å². The summed E-state index contributed by atoms with van der Waals surface area (Å²) in [5, 5.41) is 3.28. The molecule has 0 aromatic carbocycles. The van der Waals surface area contributed by atoms with Crippen LogP contribution in [0.4, 0.5) is 5.69 Å². The molecule has 0 unspecified atom stereocenters. The van der Waals surface area contributed by atoms with Crippen LogP contribution < -0.4 is 5.32 Å². The summed E-state index contributed by atoms with van der Waals surface area (Å²) >= 11 is 0. The molecule has 2 heterocycles. The lowest BCUT2D eigenvalue weighted by molar-refractivity contribution is 0.925. The molecule has 3 heteroatoms. The van der Waals surface area contributed by atoms with E-state index in [1.807, 2.05) is 31.3 Å². The van der Waals surface area contributed by atoms with Gasteiger partial charge in [-0.25, -0.2) is 4.99 Å². The van der Waals surface area contributed by atoms with Gasteiger partial charge in [0.2, 0.25) is 0 Å². The molecule has 0 amide bonds. The van der Waals surface area contributed by atoms with Crippen molar-refractivity contribution in [1.29, 1.82) is 0 Å². The Morgan fingerprint density at radius 3 is 3.12 bits per heavy atom. The molecule has 1 N–H and O–H groups in total. The first-order valence-corrected chi connectivity index (χ1v) is 5.38. The first-order chi connectivity index (χ1) is 7.85. The average Bonchev–Trinajstić information content (AvgIpc) is 2.49. The maximum atomic E-state index is 4.37. The van der Waals surface area contributed by atoms with Crippen molar-refractivity contribution < 1.29 is 0 Å². The van der Waals surface area contributed by atoms with Gasteiger partial charge in [0.25, 0.3) is 0 Å². The van der Waals surface area contributed by atoms with Crippen molar-refractivity contribution in [2.75, 3.05) is 5.32 Å². The van der Waals surface area contributed by atoms with Gasteiger partial charge >= 0.3 is 0 Å². The summed E-state index contributed by atoms with van der Waals surface area (Å²) in [7, 11) is 0. The number of anilines is 1. The smallest absolute Gasteiger partial charge is 0.132 e. The highest BCUT2D eigenvalue weighted by Crippen LogP contribution is 2.25. The van der Waals surface area contributed by atoms with E-state index in [1.54, 1.807) is 0 Å². The average molecular weight is 213 g/mol. The summed E-state index contributed by atoms with van der Waals surface area (Å²) in [5.74, 6) is 0.838. The van der Waals surface area contributed by atoms with E-state index >= 15 is 0 Å². The molecule has 0 bridgehead atoms. The van der Waals surface area contributed by atoms with E-state index in [0.717, 1.165) is 30.0 Å². The molecule has 1 aliphatic rings. The Morgan fingerprint density at radius 2 is 2.38 bits per heavy atom. The van der Waals surface area contributed by atoms with Crippen LogP contribution in [0, 0.1) is 0 Å². The first-order valence-electron chi connectivity index (χ1n) is 5.38. The second kappa shape index (κ2) is 4.75. The Morgan fingerprint density at radius 1 is 1.50 bits per heavy atom. The molecular weight excluding hydrogens is 198 g/mol. The van der Waals surface area contributed by atoms with Gasteiger partial charge in [0.1, 0.15) is 5.82 Å². The topological polar surface area (TPSA) is 37.3 Å². The van der Waals surface area contributed by atoms with Crippen LogP contribution >= 0.6 is 0 Å². The first kappa shape index (κ1) is 10.6. The SMILES string of the molecule is C=NC1=C(/C=C\C)CCc2ncccc2N1. The molecule has 0 saturated carbocycles. The van der Waals surface area contributed by atoms with Crippen LogP contribution in [0.3, 0.4) is 0 Å². The van der Waals surface area contributed by atoms with Gasteiger partial charge in [0.15, 0.2) is 0 Å². The van der Waals surface area contributed by atoms with Gasteiger partial charge in [0, 0.05) is 6.20 Å². The normalized spacial score (nSPS) is 15.6. The number of aryl methyl sites for hydroxylation is 1. The zero-order valence-corrected chi connectivity index (χ0v) is 9.40. The Labute approximate surface area is 95.6 Å². The van der Waals surface area contributed by atoms with Crippen molar-refractivity contribution >= 4 is 12.4 Å². The molecule has 0 radical (unpaired) electrons. The van der Waals surface area contributed by atoms with Crippen molar-refractivity contribution in [2.24, 2.45) is 4.99 Å². The molecule has 0 aliphatic carbocycles. The number of rotatable bonds is 2. The minimum absolute atomic E-state index is 0.838. The van der Waals surface area contributed by atoms with Crippen LogP contribution in [-0.2, 0) is 6.42 Å². The van der Waals surface area contributed by atoms with Crippen LogP contribution in [0.5, 0.6) is 0 Å². The molecule has 1 aromatic rings. The molecule has 1 aliphatic heterocycles. The van der Waals surface area contributed by atoms with E-state index in [9.17, 15) is 0 Å². The summed E-state index contributed by atoms with van der Waals surface area (Å²) < 4.78 is 0. The van der Waals surface area contributed by atoms with E-state index in [4.69, 9.17) is 0 Å². The number of allylic oxidation sites excluding steroid dienone is 3. The van der Waals surface area contributed by atoms with Crippen molar-refractivity contribution in [2.45, 2.75) is 19.8 Å². The van der Waals surface area contributed by atoms with Crippen molar-refractivity contribution in [3.8, 4) is 0 Å².